The molecule has 1 aliphatic carbocycles. The first-order chi connectivity index (χ1) is 8.05. The van der Waals surface area contributed by atoms with Crippen LogP contribution in [0.4, 0.5) is 0 Å². The topological polar surface area (TPSA) is 59.4 Å². The molecular formula is C12H17NO3S. The zero-order valence-electron chi connectivity index (χ0n) is 10.0. The minimum Gasteiger partial charge on any atom is -0.469 e. The van der Waals surface area contributed by atoms with Crippen molar-refractivity contribution < 1.29 is 14.6 Å². The summed E-state index contributed by atoms with van der Waals surface area (Å²) in [5.74, 6) is -0.156. The average Bonchev–Trinajstić information content (AvgIpc) is 2.98. The molecule has 0 aliphatic heterocycles. The van der Waals surface area contributed by atoms with Crippen LogP contribution in [-0.2, 0) is 15.1 Å². The molecule has 0 bridgehead atoms. The molecule has 94 valence electrons. The molecule has 0 spiro atoms. The normalized spacial score (nSPS) is 27.7. The number of rotatable bonds is 3. The highest BCUT2D eigenvalue weighted by atomic mass is 32.1. The summed E-state index contributed by atoms with van der Waals surface area (Å²) in [7, 11) is 1.41. The van der Waals surface area contributed by atoms with Crippen LogP contribution in [0.15, 0.2) is 11.6 Å². The summed E-state index contributed by atoms with van der Waals surface area (Å²) in [5.41, 5.74) is -0.934. The van der Waals surface area contributed by atoms with Gasteiger partial charge in [-0.2, -0.15) is 0 Å². The number of thiazole rings is 1. The Morgan fingerprint density at radius 2 is 2.41 bits per heavy atom. The number of methoxy groups -OCH3 is 1. The van der Waals surface area contributed by atoms with Gasteiger partial charge in [-0.25, -0.2) is 4.98 Å². The van der Waals surface area contributed by atoms with E-state index in [0.29, 0.717) is 6.42 Å². The molecule has 1 fully saturated rings. The molecule has 4 nitrogen and oxygen atoms in total. The van der Waals surface area contributed by atoms with Crippen LogP contribution in [-0.4, -0.2) is 23.2 Å². The van der Waals surface area contributed by atoms with Crippen molar-refractivity contribution >= 4 is 17.3 Å². The van der Waals surface area contributed by atoms with E-state index in [2.05, 4.69) is 4.98 Å². The lowest BCUT2D eigenvalue weighted by Crippen LogP contribution is -2.30. The van der Waals surface area contributed by atoms with Gasteiger partial charge in [-0.15, -0.1) is 11.3 Å². The summed E-state index contributed by atoms with van der Waals surface area (Å²) in [6.45, 7) is 1.79. The van der Waals surface area contributed by atoms with Crippen LogP contribution >= 0.6 is 11.3 Å². The molecule has 1 aromatic rings. The van der Waals surface area contributed by atoms with Crippen molar-refractivity contribution in [1.82, 2.24) is 4.98 Å². The quantitative estimate of drug-likeness (QED) is 0.839. The number of hydrogen-bond donors (Lipinski definition) is 1. The molecular weight excluding hydrogens is 238 g/mol. The Balaban J connectivity index is 2.08. The fourth-order valence-corrected chi connectivity index (χ4v) is 3.30. The Kier molecular flexibility index (Phi) is 3.49. The lowest BCUT2D eigenvalue weighted by molar-refractivity contribution is -0.145. The minimum absolute atomic E-state index is 0.0727. The Labute approximate surface area is 105 Å². The van der Waals surface area contributed by atoms with E-state index in [0.717, 1.165) is 17.8 Å². The summed E-state index contributed by atoms with van der Waals surface area (Å²) in [5, 5.41) is 13.1. The lowest BCUT2D eigenvalue weighted by Gasteiger charge is -2.27. The van der Waals surface area contributed by atoms with E-state index in [9.17, 15) is 9.90 Å². The average molecular weight is 255 g/mol. The summed E-state index contributed by atoms with van der Waals surface area (Å²) in [6, 6.07) is 0. The second-order valence-corrected chi connectivity index (χ2v) is 5.61. The second kappa shape index (κ2) is 4.74. The van der Waals surface area contributed by atoms with Gasteiger partial charge in [0.2, 0.25) is 0 Å². The number of aromatic nitrogens is 1. The van der Waals surface area contributed by atoms with Gasteiger partial charge < -0.3 is 9.84 Å². The highest BCUT2D eigenvalue weighted by Crippen LogP contribution is 2.43. The molecule has 1 saturated carbocycles. The van der Waals surface area contributed by atoms with Crippen LogP contribution in [0.3, 0.4) is 0 Å². The fraction of sp³-hybridized carbons (Fsp3) is 0.667. The zero-order valence-corrected chi connectivity index (χ0v) is 10.9. The minimum atomic E-state index is -0.934. The monoisotopic (exact) mass is 255 g/mol. The smallest absolute Gasteiger partial charge is 0.308 e. The third kappa shape index (κ3) is 2.35. The number of ether oxygens (including phenoxy) is 1. The molecule has 1 N–H and O–H groups in total. The molecule has 5 heteroatoms. The predicted octanol–water partition coefficient (Wildman–Crippen LogP) is 1.94. The Hall–Kier alpha value is -0.940. The molecule has 2 rings (SSSR count). The zero-order chi connectivity index (χ0) is 12.5. The molecule has 17 heavy (non-hydrogen) atoms. The number of aliphatic hydroxyl groups is 1. The van der Waals surface area contributed by atoms with Gasteiger partial charge in [-0.1, -0.05) is 0 Å². The van der Waals surface area contributed by atoms with Crippen molar-refractivity contribution in [1.29, 1.82) is 0 Å². The predicted molar refractivity (Wildman–Crippen MR) is 64.5 cm³/mol. The van der Waals surface area contributed by atoms with Crippen molar-refractivity contribution in [2.45, 2.75) is 31.8 Å². The number of esters is 1. The van der Waals surface area contributed by atoms with Gasteiger partial charge in [0.1, 0.15) is 10.6 Å². The van der Waals surface area contributed by atoms with Gasteiger partial charge in [0.05, 0.1) is 13.0 Å². The van der Waals surface area contributed by atoms with Crippen molar-refractivity contribution in [3.8, 4) is 0 Å². The van der Waals surface area contributed by atoms with E-state index < -0.39 is 5.60 Å². The van der Waals surface area contributed by atoms with E-state index in [4.69, 9.17) is 4.74 Å². The van der Waals surface area contributed by atoms with Crippen LogP contribution in [0, 0.1) is 11.8 Å². The first-order valence-electron chi connectivity index (χ1n) is 5.76. The molecule has 3 atom stereocenters. The molecule has 0 radical (unpaired) electrons. The van der Waals surface area contributed by atoms with Gasteiger partial charge in [0, 0.05) is 11.6 Å². The number of carbonyl (C=O) groups excluding carboxylic acids is 1. The molecule has 0 amide bonds. The molecule has 0 aromatic carbocycles. The maximum absolute atomic E-state index is 11.5. The molecule has 1 aromatic heterocycles. The van der Waals surface area contributed by atoms with Crippen molar-refractivity contribution in [3.05, 3.63) is 16.6 Å². The number of hydrogen-bond acceptors (Lipinski definition) is 5. The van der Waals surface area contributed by atoms with E-state index in [1.807, 2.05) is 5.38 Å². The van der Waals surface area contributed by atoms with Gasteiger partial charge in [-0.05, 0) is 32.1 Å². The maximum atomic E-state index is 11.5. The molecule has 1 heterocycles. The summed E-state index contributed by atoms with van der Waals surface area (Å²) in [4.78, 5) is 15.6. The van der Waals surface area contributed by atoms with Gasteiger partial charge in [0.25, 0.3) is 0 Å². The highest BCUT2D eigenvalue weighted by Gasteiger charge is 2.42. The van der Waals surface area contributed by atoms with Crippen LogP contribution in [0.25, 0.3) is 0 Å². The van der Waals surface area contributed by atoms with Gasteiger partial charge in [-0.3, -0.25) is 4.79 Å². The number of nitrogens with zero attached hydrogens (tertiary/aromatic N) is 1. The largest absolute Gasteiger partial charge is 0.469 e. The van der Waals surface area contributed by atoms with E-state index in [-0.39, 0.29) is 17.8 Å². The Morgan fingerprint density at radius 1 is 1.65 bits per heavy atom. The standard InChI is InChI=1S/C12H17NO3S/c1-12(15,11-13-5-6-17-11)9-4-3-8(7-9)10(14)16-2/h5-6,8-9,15H,3-4,7H2,1-2H3. The lowest BCUT2D eigenvalue weighted by atomic mass is 9.87. The first-order valence-corrected chi connectivity index (χ1v) is 6.64. The fourth-order valence-electron chi connectivity index (χ4n) is 2.52. The SMILES string of the molecule is COC(=O)C1CCC(C(C)(O)c2nccs2)C1. The van der Waals surface area contributed by atoms with E-state index in [1.165, 1.54) is 18.4 Å². The van der Waals surface area contributed by atoms with Crippen LogP contribution in [0.2, 0.25) is 0 Å². The van der Waals surface area contributed by atoms with Crippen LogP contribution in [0.1, 0.15) is 31.2 Å². The molecule has 3 unspecified atom stereocenters. The Morgan fingerprint density at radius 3 is 3.00 bits per heavy atom. The van der Waals surface area contributed by atoms with E-state index in [1.54, 1.807) is 13.1 Å². The Bertz CT molecular complexity index is 388. The molecule has 1 aliphatic rings. The highest BCUT2D eigenvalue weighted by molar-refractivity contribution is 7.09. The second-order valence-electron chi connectivity index (χ2n) is 4.71. The van der Waals surface area contributed by atoms with Crippen LogP contribution < -0.4 is 0 Å². The molecule has 0 saturated heterocycles. The van der Waals surface area contributed by atoms with Crippen LogP contribution in [0.5, 0.6) is 0 Å². The maximum Gasteiger partial charge on any atom is 0.308 e. The van der Waals surface area contributed by atoms with E-state index >= 15 is 0 Å². The van der Waals surface area contributed by atoms with Crippen molar-refractivity contribution in [3.63, 3.8) is 0 Å². The van der Waals surface area contributed by atoms with Gasteiger partial charge in [0.15, 0.2) is 0 Å². The summed E-state index contributed by atoms with van der Waals surface area (Å²) < 4.78 is 4.75. The third-order valence-electron chi connectivity index (χ3n) is 3.63. The van der Waals surface area contributed by atoms with Crippen molar-refractivity contribution in [2.24, 2.45) is 11.8 Å². The van der Waals surface area contributed by atoms with Crippen molar-refractivity contribution in [2.75, 3.05) is 7.11 Å². The van der Waals surface area contributed by atoms with Gasteiger partial charge >= 0.3 is 5.97 Å². The third-order valence-corrected chi connectivity index (χ3v) is 4.63. The summed E-state index contributed by atoms with van der Waals surface area (Å²) >= 11 is 1.45. The number of carbonyl (C=O) groups is 1. The summed E-state index contributed by atoms with van der Waals surface area (Å²) in [6.07, 6.45) is 4.01. The first kappa shape index (κ1) is 12.5.